The van der Waals surface area contributed by atoms with Gasteiger partial charge in [0.1, 0.15) is 48.0 Å². The highest BCUT2D eigenvalue weighted by molar-refractivity contribution is 5.90. The number of aromatic amines is 2. The number of aryl methyl sites for hydroxylation is 2. The zero-order chi connectivity index (χ0) is 43.9. The van der Waals surface area contributed by atoms with E-state index >= 15 is 0 Å². The zero-order valence-corrected chi connectivity index (χ0v) is 33.8. The largest absolute Gasteiger partial charge is 0.469 e. The molecule has 2 aliphatic rings. The first-order valence-corrected chi connectivity index (χ1v) is 19.7. The van der Waals surface area contributed by atoms with Gasteiger partial charge in [0.15, 0.2) is 0 Å². The van der Waals surface area contributed by atoms with Crippen LogP contribution in [0.15, 0.2) is 62.5 Å². The lowest BCUT2D eigenvalue weighted by atomic mass is 10.1. The number of fused-ring (bicyclic) bond motifs is 2. The number of piperidine rings is 2. The van der Waals surface area contributed by atoms with Gasteiger partial charge in [-0.15, -0.1) is 0 Å². The van der Waals surface area contributed by atoms with E-state index in [0.29, 0.717) is 46.5 Å². The number of H-pyrrole nitrogens is 2. The first-order chi connectivity index (χ1) is 30.0. The number of ether oxygens (including phenoxy) is 2. The number of halogens is 2. The fraction of sp³-hybridized carbons (Fsp3) is 0.350. The van der Waals surface area contributed by atoms with E-state index in [4.69, 9.17) is 9.47 Å². The maximum atomic E-state index is 14.6. The number of nitriles is 2. The molecule has 4 N–H and O–H groups in total. The van der Waals surface area contributed by atoms with Gasteiger partial charge in [-0.3, -0.25) is 19.0 Å². The zero-order valence-electron chi connectivity index (χ0n) is 33.8. The van der Waals surface area contributed by atoms with Gasteiger partial charge in [-0.2, -0.15) is 40.7 Å². The van der Waals surface area contributed by atoms with Crippen LogP contribution in [0.1, 0.15) is 37.8 Å². The summed E-state index contributed by atoms with van der Waals surface area (Å²) in [5, 5.41) is 34.1. The first-order valence-electron chi connectivity index (χ1n) is 19.7. The molecule has 8 heterocycles. The summed E-state index contributed by atoms with van der Waals surface area (Å²) in [7, 11) is 0. The number of carbonyl (C=O) groups excluding carboxylic acids is 2. The Hall–Kier alpha value is -7.88. The molecule has 22 heteroatoms. The molecule has 8 rings (SSSR count). The van der Waals surface area contributed by atoms with Gasteiger partial charge >= 0.3 is 0 Å². The van der Waals surface area contributed by atoms with Crippen molar-refractivity contribution in [3.05, 3.63) is 73.6 Å². The molecule has 0 radical (unpaired) electrons. The van der Waals surface area contributed by atoms with Crippen LogP contribution < -0.4 is 20.1 Å². The minimum atomic E-state index is -1.29. The number of nitrogens with zero attached hydrogens (tertiary/aromatic N) is 12. The van der Waals surface area contributed by atoms with E-state index in [1.54, 1.807) is 34.2 Å². The Morgan fingerprint density at radius 3 is 1.55 bits per heavy atom. The Kier molecular flexibility index (Phi) is 12.7. The molecule has 2 saturated heterocycles. The second kappa shape index (κ2) is 18.6. The summed E-state index contributed by atoms with van der Waals surface area (Å²) in [6, 6.07) is 4.12. The molecule has 0 unspecified atom stereocenters. The number of aromatic nitrogens is 10. The predicted octanol–water partition coefficient (Wildman–Crippen LogP) is 4.59. The van der Waals surface area contributed by atoms with Crippen LogP contribution in [0.25, 0.3) is 22.1 Å². The fourth-order valence-corrected chi connectivity index (χ4v) is 6.86. The van der Waals surface area contributed by atoms with Crippen molar-refractivity contribution in [2.45, 2.75) is 64.3 Å². The van der Waals surface area contributed by atoms with E-state index in [0.717, 1.165) is 0 Å². The maximum Gasteiger partial charge on any atom is 0.246 e. The van der Waals surface area contributed by atoms with Crippen LogP contribution in [0.5, 0.6) is 11.8 Å². The number of carbonyl (C=O) groups is 2. The third-order valence-corrected chi connectivity index (χ3v) is 10.1. The summed E-state index contributed by atoms with van der Waals surface area (Å²) in [4.78, 5) is 50.3. The number of anilines is 4. The molecular formula is C40H42F2N16O4. The molecule has 2 amide bonds. The third-order valence-electron chi connectivity index (χ3n) is 10.1. The van der Waals surface area contributed by atoms with Gasteiger partial charge in [0, 0.05) is 51.0 Å². The molecular weight excluding hydrogens is 807 g/mol. The lowest BCUT2D eigenvalue weighted by Crippen LogP contribution is -2.49. The molecule has 2 fully saturated rings. The maximum absolute atomic E-state index is 14.6. The SMILES string of the molecule is C=CC(=O)N1CC[C@@H](F)[C@H](Oc2nc(Nc3cnn(CC)c3)nc3[nH]cc(C#N)c23)C1.C=CC(=O)N1CC[C@H](F)[C@@H](Oc2nc(Nc3cnn(CC)c3)nc3[nH]cc(C#N)c23)C1. The van der Waals surface area contributed by atoms with Gasteiger partial charge in [0.2, 0.25) is 35.5 Å². The summed E-state index contributed by atoms with van der Waals surface area (Å²) in [5.41, 5.74) is 2.64. The van der Waals surface area contributed by atoms with Crippen LogP contribution in [0.4, 0.5) is 32.1 Å². The molecule has 0 saturated carbocycles. The van der Waals surface area contributed by atoms with Crippen molar-refractivity contribution in [3.8, 4) is 23.9 Å². The summed E-state index contributed by atoms with van der Waals surface area (Å²) in [6.07, 6.45) is 8.03. The quantitative estimate of drug-likeness (QED) is 0.123. The smallest absolute Gasteiger partial charge is 0.246 e. The number of nitrogens with one attached hydrogen (secondary N) is 4. The number of hydrogen-bond acceptors (Lipinski definition) is 14. The Labute approximate surface area is 352 Å². The van der Waals surface area contributed by atoms with Crippen molar-refractivity contribution in [2.24, 2.45) is 0 Å². The van der Waals surface area contributed by atoms with Crippen LogP contribution >= 0.6 is 0 Å². The van der Waals surface area contributed by atoms with Crippen molar-refractivity contribution < 1.29 is 27.8 Å². The topological polar surface area (TPSA) is 250 Å². The van der Waals surface area contributed by atoms with Gasteiger partial charge in [-0.1, -0.05) is 13.2 Å². The van der Waals surface area contributed by atoms with Crippen molar-refractivity contribution >= 4 is 57.2 Å². The second-order valence-electron chi connectivity index (χ2n) is 14.1. The van der Waals surface area contributed by atoms with Crippen molar-refractivity contribution in [3.63, 3.8) is 0 Å². The van der Waals surface area contributed by atoms with Crippen molar-refractivity contribution in [1.29, 1.82) is 10.5 Å². The number of rotatable bonds is 12. The average molecular weight is 849 g/mol. The van der Waals surface area contributed by atoms with E-state index in [2.05, 4.69) is 76.0 Å². The molecule has 320 valence electrons. The summed E-state index contributed by atoms with van der Waals surface area (Å²) in [5.74, 6) is -0.0436. The molecule has 6 aromatic rings. The summed E-state index contributed by atoms with van der Waals surface area (Å²) >= 11 is 0. The molecule has 0 aliphatic carbocycles. The van der Waals surface area contributed by atoms with Crippen LogP contribution in [0.2, 0.25) is 0 Å². The van der Waals surface area contributed by atoms with Gasteiger partial charge < -0.3 is 39.9 Å². The Morgan fingerprint density at radius 2 is 1.19 bits per heavy atom. The molecule has 0 spiro atoms. The normalized spacial score (nSPS) is 18.5. The number of alkyl halides is 2. The number of amides is 2. The highest BCUT2D eigenvalue weighted by Crippen LogP contribution is 2.32. The van der Waals surface area contributed by atoms with E-state index in [1.807, 2.05) is 13.8 Å². The first kappa shape index (κ1) is 42.3. The predicted molar refractivity (Wildman–Crippen MR) is 221 cm³/mol. The molecule has 20 nitrogen and oxygen atoms in total. The van der Waals surface area contributed by atoms with E-state index in [1.165, 1.54) is 34.3 Å². The van der Waals surface area contributed by atoms with Crippen LogP contribution in [0, 0.1) is 22.7 Å². The molecule has 62 heavy (non-hydrogen) atoms. The summed E-state index contributed by atoms with van der Waals surface area (Å²) in [6.45, 7) is 13.0. The molecule has 4 atom stereocenters. The average Bonchev–Trinajstić information content (AvgIpc) is 4.12. The van der Waals surface area contributed by atoms with Crippen LogP contribution in [0.3, 0.4) is 0 Å². The highest BCUT2D eigenvalue weighted by Gasteiger charge is 2.35. The van der Waals surface area contributed by atoms with E-state index in [-0.39, 0.29) is 85.6 Å². The van der Waals surface area contributed by atoms with Crippen molar-refractivity contribution in [2.75, 3.05) is 36.8 Å². The fourth-order valence-electron chi connectivity index (χ4n) is 6.86. The van der Waals surface area contributed by atoms with Gasteiger partial charge in [0.25, 0.3) is 0 Å². The molecule has 0 bridgehead atoms. The molecule has 6 aromatic heterocycles. The summed E-state index contributed by atoms with van der Waals surface area (Å²) < 4.78 is 44.6. The molecule has 0 aromatic carbocycles. The van der Waals surface area contributed by atoms with Gasteiger partial charge in [-0.05, 0) is 38.8 Å². The van der Waals surface area contributed by atoms with E-state index in [9.17, 15) is 28.9 Å². The lowest BCUT2D eigenvalue weighted by Gasteiger charge is -2.34. The van der Waals surface area contributed by atoms with Gasteiger partial charge in [-0.25, -0.2) is 8.78 Å². The monoisotopic (exact) mass is 848 g/mol. The third kappa shape index (κ3) is 9.13. The molecule has 2 aliphatic heterocycles. The number of likely N-dealkylation sites (tertiary alicyclic amines) is 2. The number of hydrogen-bond donors (Lipinski definition) is 4. The minimum absolute atomic E-state index is 0.0514. The Morgan fingerprint density at radius 1 is 0.774 bits per heavy atom. The standard InChI is InChI=1S/2C20H21FN8O2/c2*1-3-16(30)28-6-5-14(21)15(11-28)31-19-17-12(7-22)8-23-18(17)26-20(27-19)25-13-9-24-29(4-2)10-13/h2*3,8-10,14-15H,1,4-6,11H2,2H3,(H2,23,25,26,27)/t2*14-,15-/m10/s1. The highest BCUT2D eigenvalue weighted by atomic mass is 19.1. The van der Waals surface area contributed by atoms with Crippen molar-refractivity contribution in [1.82, 2.24) is 59.3 Å². The second-order valence-corrected chi connectivity index (χ2v) is 14.1. The van der Waals surface area contributed by atoms with Gasteiger partial charge in [0.05, 0.1) is 58.8 Å². The van der Waals surface area contributed by atoms with E-state index < -0.39 is 24.6 Å². The van der Waals surface area contributed by atoms with Crippen LogP contribution in [-0.4, -0.2) is 122 Å². The lowest BCUT2D eigenvalue weighted by molar-refractivity contribution is -0.130. The Balaban J connectivity index is 0.000000186. The minimum Gasteiger partial charge on any atom is -0.469 e. The Bertz CT molecular complexity index is 2510. The van der Waals surface area contributed by atoms with Crippen LogP contribution in [-0.2, 0) is 22.7 Å².